The van der Waals surface area contributed by atoms with Gasteiger partial charge < -0.3 is 19.7 Å². The predicted molar refractivity (Wildman–Crippen MR) is 113 cm³/mol. The maximum absolute atomic E-state index is 13.3. The molecule has 1 saturated heterocycles. The third-order valence-corrected chi connectivity index (χ3v) is 9.01. The second-order valence-electron chi connectivity index (χ2n) is 10.5. The van der Waals surface area contributed by atoms with E-state index < -0.39 is 53.7 Å². The van der Waals surface area contributed by atoms with Crippen LogP contribution in [0.3, 0.4) is 0 Å². The molecule has 170 valence electrons. The highest BCUT2D eigenvalue weighted by Gasteiger charge is 2.75. The predicted octanol–water partition coefficient (Wildman–Crippen LogP) is 2.72. The van der Waals surface area contributed by atoms with Crippen LogP contribution in [0.15, 0.2) is 23.8 Å². The monoisotopic (exact) mass is 432 g/mol. The molecule has 0 bridgehead atoms. The van der Waals surface area contributed by atoms with Gasteiger partial charge in [0.1, 0.15) is 6.61 Å². The molecule has 2 unspecified atom stereocenters. The van der Waals surface area contributed by atoms with Gasteiger partial charge in [0, 0.05) is 24.5 Å². The van der Waals surface area contributed by atoms with Crippen LogP contribution in [0.4, 0.5) is 0 Å². The normalized spacial score (nSPS) is 54.0. The highest BCUT2D eigenvalue weighted by Crippen LogP contribution is 2.69. The van der Waals surface area contributed by atoms with Gasteiger partial charge in [-0.05, 0) is 43.6 Å². The van der Waals surface area contributed by atoms with E-state index in [2.05, 4.69) is 0 Å². The number of Topliss-reactive ketones (excluding diaryl/α,β-unsaturated/α-hetero) is 1. The van der Waals surface area contributed by atoms with Crippen LogP contribution in [-0.2, 0) is 19.1 Å². The van der Waals surface area contributed by atoms with Gasteiger partial charge in [0.2, 0.25) is 0 Å². The van der Waals surface area contributed by atoms with Crippen LogP contribution in [0, 0.1) is 28.6 Å². The van der Waals surface area contributed by atoms with E-state index in [1.165, 1.54) is 6.08 Å². The zero-order valence-corrected chi connectivity index (χ0v) is 18.5. The first-order valence-electron chi connectivity index (χ1n) is 12.6. The fraction of sp³-hybridized carbons (Fsp3) is 0.760. The molecule has 0 amide bonds. The van der Waals surface area contributed by atoms with Gasteiger partial charge in [0.25, 0.3) is 0 Å². The van der Waals surface area contributed by atoms with Gasteiger partial charge in [0.05, 0.1) is 13.6 Å². The van der Waals surface area contributed by atoms with Crippen molar-refractivity contribution in [3.8, 4) is 0 Å². The van der Waals surface area contributed by atoms with E-state index in [4.69, 9.17) is 12.2 Å². The van der Waals surface area contributed by atoms with E-state index in [0.717, 1.165) is 6.42 Å². The number of allylic oxidation sites excluding steroid dienone is 4. The maximum atomic E-state index is 13.3. The van der Waals surface area contributed by atoms with Crippen LogP contribution in [0.2, 0.25) is 0 Å². The minimum Gasteiger partial charge on any atom is -0.393 e. The van der Waals surface area contributed by atoms with Gasteiger partial charge in [-0.15, -0.1) is 0 Å². The van der Waals surface area contributed by atoms with E-state index >= 15 is 0 Å². The Bertz CT molecular complexity index is 947. The molecule has 0 aromatic heterocycles. The molecule has 31 heavy (non-hydrogen) atoms. The van der Waals surface area contributed by atoms with Crippen molar-refractivity contribution in [3.05, 3.63) is 23.8 Å². The number of hydrogen-bond acceptors (Lipinski definition) is 6. The van der Waals surface area contributed by atoms with E-state index in [-0.39, 0.29) is 29.6 Å². The first-order valence-corrected chi connectivity index (χ1v) is 11.6. The Balaban J connectivity index is 1.60. The molecule has 0 aromatic rings. The SMILES string of the molecule is [2H]C1=C2C([2H])C(=O)C=C[C@]2(C)[C@@H]2[C@@H](C1)[C@@H]1C[C@H]3OC(CCC)O[C@@]3(C(=O)CO)[C@@]1(C)C[C@@H]2O. The molecule has 10 atom stereocenters. The summed E-state index contributed by atoms with van der Waals surface area (Å²) in [4.78, 5) is 25.5. The Morgan fingerprint density at radius 2 is 2.19 bits per heavy atom. The second kappa shape index (κ2) is 7.08. The zero-order valence-electron chi connectivity index (χ0n) is 20.5. The maximum Gasteiger partial charge on any atom is 0.193 e. The minimum atomic E-state index is -1.32. The minimum absolute atomic E-state index is 0.0667. The summed E-state index contributed by atoms with van der Waals surface area (Å²) in [6.07, 6.45) is 2.95. The molecule has 2 saturated carbocycles. The Morgan fingerprint density at radius 1 is 1.42 bits per heavy atom. The summed E-state index contributed by atoms with van der Waals surface area (Å²) in [6.45, 7) is 5.27. The molecule has 4 aliphatic carbocycles. The van der Waals surface area contributed by atoms with Crippen molar-refractivity contribution in [2.75, 3.05) is 6.61 Å². The smallest absolute Gasteiger partial charge is 0.193 e. The fourth-order valence-electron chi connectivity index (χ4n) is 7.74. The molecule has 2 N–H and O–H groups in total. The average molecular weight is 433 g/mol. The highest BCUT2D eigenvalue weighted by molar-refractivity contribution is 5.93. The van der Waals surface area contributed by atoms with Crippen molar-refractivity contribution in [1.82, 2.24) is 0 Å². The van der Waals surface area contributed by atoms with Crippen LogP contribution >= 0.6 is 0 Å². The van der Waals surface area contributed by atoms with Crippen LogP contribution in [-0.4, -0.2) is 52.5 Å². The van der Waals surface area contributed by atoms with E-state index in [9.17, 15) is 19.8 Å². The Morgan fingerprint density at radius 3 is 2.90 bits per heavy atom. The molecular formula is C25H34O6. The first kappa shape index (κ1) is 19.2. The van der Waals surface area contributed by atoms with Crippen molar-refractivity contribution < 1.29 is 32.0 Å². The number of aliphatic hydroxyl groups is 2. The highest BCUT2D eigenvalue weighted by atomic mass is 16.7. The number of carbonyl (C=O) groups is 2. The molecular weight excluding hydrogens is 396 g/mol. The summed E-state index contributed by atoms with van der Waals surface area (Å²) in [6, 6.07) is 0.290. The summed E-state index contributed by atoms with van der Waals surface area (Å²) < 4.78 is 29.8. The van der Waals surface area contributed by atoms with Crippen LogP contribution < -0.4 is 0 Å². The largest absolute Gasteiger partial charge is 0.393 e. The Labute approximate surface area is 186 Å². The van der Waals surface area contributed by atoms with E-state index in [1.54, 1.807) is 6.08 Å². The summed E-state index contributed by atoms with van der Waals surface area (Å²) >= 11 is 0. The number of aliphatic hydroxyl groups excluding tert-OH is 2. The molecule has 1 heterocycles. The van der Waals surface area contributed by atoms with Gasteiger partial charge in [0.15, 0.2) is 23.5 Å². The second-order valence-corrected chi connectivity index (χ2v) is 10.5. The van der Waals surface area contributed by atoms with Gasteiger partial charge in [-0.2, -0.15) is 0 Å². The van der Waals surface area contributed by atoms with Crippen molar-refractivity contribution in [3.63, 3.8) is 0 Å². The van der Waals surface area contributed by atoms with E-state index in [1.807, 2.05) is 20.8 Å². The molecule has 5 aliphatic rings. The van der Waals surface area contributed by atoms with Crippen LogP contribution in [0.25, 0.3) is 0 Å². The number of carbonyl (C=O) groups excluding carboxylic acids is 2. The molecule has 0 spiro atoms. The molecule has 3 fully saturated rings. The topological polar surface area (TPSA) is 93.1 Å². The summed E-state index contributed by atoms with van der Waals surface area (Å²) in [5.74, 6) is -1.20. The average Bonchev–Trinajstić information content (AvgIpc) is 3.23. The third kappa shape index (κ3) is 2.65. The Hall–Kier alpha value is -1.34. The van der Waals surface area contributed by atoms with Gasteiger partial charge in [-0.3, -0.25) is 9.59 Å². The fourth-order valence-corrected chi connectivity index (χ4v) is 7.74. The molecule has 0 radical (unpaired) electrons. The molecule has 6 heteroatoms. The van der Waals surface area contributed by atoms with Crippen molar-refractivity contribution in [1.29, 1.82) is 0 Å². The lowest BCUT2D eigenvalue weighted by atomic mass is 9.47. The van der Waals surface area contributed by atoms with Gasteiger partial charge in [-0.25, -0.2) is 0 Å². The lowest BCUT2D eigenvalue weighted by Crippen LogP contribution is -2.63. The number of fused-ring (bicyclic) bond motifs is 7. The van der Waals surface area contributed by atoms with Gasteiger partial charge >= 0.3 is 0 Å². The summed E-state index contributed by atoms with van der Waals surface area (Å²) in [5, 5.41) is 21.5. The third-order valence-electron chi connectivity index (χ3n) is 9.01. The lowest BCUT2D eigenvalue weighted by Gasteiger charge is -2.59. The molecule has 6 nitrogen and oxygen atoms in total. The molecule has 0 aromatic carbocycles. The molecule has 5 rings (SSSR count). The summed E-state index contributed by atoms with van der Waals surface area (Å²) in [7, 11) is 0. The van der Waals surface area contributed by atoms with Crippen LogP contribution in [0.5, 0.6) is 0 Å². The number of hydrogen-bond donors (Lipinski definition) is 2. The van der Waals surface area contributed by atoms with Crippen molar-refractivity contribution >= 4 is 11.6 Å². The number of ether oxygens (including phenoxy) is 2. The van der Waals surface area contributed by atoms with Gasteiger partial charge in [-0.1, -0.05) is 44.9 Å². The molecule has 1 aliphatic heterocycles. The lowest BCUT2D eigenvalue weighted by molar-refractivity contribution is -0.198. The van der Waals surface area contributed by atoms with E-state index in [0.29, 0.717) is 31.3 Å². The zero-order chi connectivity index (χ0) is 23.9. The first-order chi connectivity index (χ1) is 15.5. The number of ketones is 2. The Kier molecular flexibility index (Phi) is 4.37. The van der Waals surface area contributed by atoms with Crippen molar-refractivity contribution in [2.45, 2.75) is 83.4 Å². The van der Waals surface area contributed by atoms with Crippen LogP contribution in [0.1, 0.15) is 62.0 Å². The van der Waals surface area contributed by atoms with Crippen molar-refractivity contribution in [2.24, 2.45) is 28.6 Å². The quantitative estimate of drug-likeness (QED) is 0.664. The standard InChI is InChI=1S/C25H34O6/c1-4-5-21-30-20-11-17-16-7-6-14-10-15(27)8-9-23(14,2)22(16)18(28)12-24(17,3)25(20,31-21)19(29)13-26/h6,8-9,16-18,20-22,26,28H,4-5,7,10-13H2,1-3H3/t16-,17-,18-,20+,21?,22+,23-,24-,25+/m0/s1/i6D,10D/t10?,16-,17-,18-,20+,21?,22+,23-,24-,25+. The number of rotatable bonds is 4. The summed E-state index contributed by atoms with van der Waals surface area (Å²) in [5.41, 5.74) is -2.35.